The number of ether oxygens (including phenoxy) is 1. The molecule has 1 aromatic rings. The van der Waals surface area contributed by atoms with Crippen molar-refractivity contribution in [2.75, 3.05) is 13.7 Å². The zero-order valence-corrected chi connectivity index (χ0v) is 10.6. The van der Waals surface area contributed by atoms with Gasteiger partial charge in [-0.1, -0.05) is 18.6 Å². The lowest BCUT2D eigenvalue weighted by molar-refractivity contribution is -0.138. The fourth-order valence-corrected chi connectivity index (χ4v) is 2.10. The van der Waals surface area contributed by atoms with Crippen LogP contribution >= 0.6 is 0 Å². The molecule has 0 radical (unpaired) electrons. The Bertz CT molecular complexity index is 415. The van der Waals surface area contributed by atoms with Crippen LogP contribution in [-0.2, 0) is 4.79 Å². The number of hydrogen-bond donors (Lipinski definition) is 2. The summed E-state index contributed by atoms with van der Waals surface area (Å²) in [7, 11) is 1.58. The average molecular weight is 249 g/mol. The highest BCUT2D eigenvalue weighted by atomic mass is 16.5. The quantitative estimate of drug-likeness (QED) is 0.809. The number of carbonyl (C=O) groups is 1. The number of rotatable bonds is 6. The second kappa shape index (κ2) is 5.87. The maximum atomic E-state index is 11.3. The van der Waals surface area contributed by atoms with E-state index in [1.54, 1.807) is 13.2 Å². The van der Waals surface area contributed by atoms with E-state index in [4.69, 9.17) is 4.74 Å². The van der Waals surface area contributed by atoms with Gasteiger partial charge in [0.1, 0.15) is 5.75 Å². The molecule has 1 fully saturated rings. The van der Waals surface area contributed by atoms with Crippen LogP contribution in [0.4, 0.5) is 0 Å². The van der Waals surface area contributed by atoms with E-state index in [0.717, 1.165) is 18.4 Å². The van der Waals surface area contributed by atoms with Crippen molar-refractivity contribution in [3.63, 3.8) is 0 Å². The van der Waals surface area contributed by atoms with Crippen LogP contribution in [0.25, 0.3) is 0 Å². The zero-order chi connectivity index (χ0) is 13.0. The molecule has 1 atom stereocenters. The lowest BCUT2D eigenvalue weighted by Gasteiger charge is -2.28. The molecule has 4 heteroatoms. The first-order valence-electron chi connectivity index (χ1n) is 6.31. The first-order valence-corrected chi connectivity index (χ1v) is 6.31. The third-order valence-corrected chi connectivity index (χ3v) is 3.51. The fraction of sp³-hybridized carbons (Fsp3) is 0.500. The molecule has 0 amide bonds. The van der Waals surface area contributed by atoms with Crippen molar-refractivity contribution in [3.05, 3.63) is 29.8 Å². The van der Waals surface area contributed by atoms with Gasteiger partial charge in [-0.05, 0) is 30.5 Å². The lowest BCUT2D eigenvalue weighted by Crippen LogP contribution is -2.39. The van der Waals surface area contributed by atoms with E-state index in [-0.39, 0.29) is 0 Å². The van der Waals surface area contributed by atoms with Crippen LogP contribution in [0.2, 0.25) is 0 Å². The molecule has 0 spiro atoms. The summed E-state index contributed by atoms with van der Waals surface area (Å²) in [5.41, 5.74) is 0.786. The van der Waals surface area contributed by atoms with Crippen LogP contribution in [0.1, 0.15) is 30.7 Å². The number of benzene rings is 1. The molecule has 1 aliphatic carbocycles. The molecule has 1 aromatic carbocycles. The first kappa shape index (κ1) is 12.9. The Morgan fingerprint density at radius 1 is 1.56 bits per heavy atom. The van der Waals surface area contributed by atoms with E-state index in [2.05, 4.69) is 5.32 Å². The van der Waals surface area contributed by atoms with Gasteiger partial charge < -0.3 is 15.2 Å². The van der Waals surface area contributed by atoms with Gasteiger partial charge in [0.15, 0.2) is 0 Å². The number of aliphatic carboxylic acids is 1. The van der Waals surface area contributed by atoms with E-state index in [1.165, 1.54) is 6.42 Å². The zero-order valence-electron chi connectivity index (χ0n) is 10.6. The Morgan fingerprint density at radius 2 is 2.33 bits per heavy atom. The highest BCUT2D eigenvalue weighted by Gasteiger charge is 2.23. The minimum Gasteiger partial charge on any atom is -0.497 e. The van der Waals surface area contributed by atoms with Gasteiger partial charge in [-0.2, -0.15) is 0 Å². The van der Waals surface area contributed by atoms with E-state index in [0.29, 0.717) is 18.3 Å². The van der Waals surface area contributed by atoms with Crippen molar-refractivity contribution in [2.24, 2.45) is 0 Å². The Labute approximate surface area is 107 Å². The van der Waals surface area contributed by atoms with Crippen LogP contribution in [-0.4, -0.2) is 30.8 Å². The summed E-state index contributed by atoms with van der Waals surface area (Å²) in [6.45, 7) is 0.479. The monoisotopic (exact) mass is 249 g/mol. The average Bonchev–Trinajstić information content (AvgIpc) is 2.32. The van der Waals surface area contributed by atoms with Crippen molar-refractivity contribution in [1.29, 1.82) is 0 Å². The maximum Gasteiger partial charge on any atom is 0.312 e. The Balaban J connectivity index is 2.04. The van der Waals surface area contributed by atoms with Gasteiger partial charge in [0, 0.05) is 12.6 Å². The molecule has 0 saturated heterocycles. The fourth-order valence-electron chi connectivity index (χ4n) is 2.10. The number of carboxylic acid groups (broad SMARTS) is 1. The molecule has 18 heavy (non-hydrogen) atoms. The molecule has 2 N–H and O–H groups in total. The molecule has 2 rings (SSSR count). The van der Waals surface area contributed by atoms with Crippen LogP contribution < -0.4 is 10.1 Å². The maximum absolute atomic E-state index is 11.3. The van der Waals surface area contributed by atoms with Gasteiger partial charge in [-0.3, -0.25) is 4.79 Å². The van der Waals surface area contributed by atoms with Crippen LogP contribution in [0.5, 0.6) is 5.75 Å². The van der Waals surface area contributed by atoms with Crippen molar-refractivity contribution in [2.45, 2.75) is 31.2 Å². The van der Waals surface area contributed by atoms with E-state index >= 15 is 0 Å². The molecule has 0 bridgehead atoms. The predicted octanol–water partition coefficient (Wildman–Crippen LogP) is 2.01. The Morgan fingerprint density at radius 3 is 2.89 bits per heavy atom. The molecule has 98 valence electrons. The lowest BCUT2D eigenvalue weighted by atomic mass is 9.91. The molecule has 1 unspecified atom stereocenters. The smallest absolute Gasteiger partial charge is 0.312 e. The second-order valence-electron chi connectivity index (χ2n) is 4.70. The highest BCUT2D eigenvalue weighted by Crippen LogP contribution is 2.23. The Kier molecular flexibility index (Phi) is 4.20. The number of nitrogens with one attached hydrogen (secondary N) is 1. The molecule has 1 aliphatic rings. The molecule has 0 aromatic heterocycles. The van der Waals surface area contributed by atoms with Gasteiger partial charge in [0.2, 0.25) is 0 Å². The van der Waals surface area contributed by atoms with E-state index in [1.807, 2.05) is 18.2 Å². The van der Waals surface area contributed by atoms with Crippen molar-refractivity contribution in [3.8, 4) is 5.75 Å². The molecular formula is C14H19NO3. The molecule has 0 aliphatic heterocycles. The summed E-state index contributed by atoms with van der Waals surface area (Å²) < 4.78 is 5.13. The number of carboxylic acids is 1. The van der Waals surface area contributed by atoms with Gasteiger partial charge in [0.05, 0.1) is 13.0 Å². The van der Waals surface area contributed by atoms with Gasteiger partial charge in [0.25, 0.3) is 0 Å². The first-order chi connectivity index (χ1) is 8.70. The van der Waals surface area contributed by atoms with Crippen molar-refractivity contribution in [1.82, 2.24) is 5.32 Å². The van der Waals surface area contributed by atoms with Crippen molar-refractivity contribution >= 4 is 5.97 Å². The third kappa shape index (κ3) is 3.01. The minimum absolute atomic E-state index is 0.479. The molecule has 4 nitrogen and oxygen atoms in total. The van der Waals surface area contributed by atoms with Crippen LogP contribution in [0.15, 0.2) is 24.3 Å². The minimum atomic E-state index is -0.796. The summed E-state index contributed by atoms with van der Waals surface area (Å²) in [4.78, 5) is 11.3. The summed E-state index contributed by atoms with van der Waals surface area (Å²) in [5.74, 6) is -0.613. The summed E-state index contributed by atoms with van der Waals surface area (Å²) in [6.07, 6.45) is 3.56. The molecule has 1 saturated carbocycles. The van der Waals surface area contributed by atoms with Gasteiger partial charge in [-0.25, -0.2) is 0 Å². The molecular weight excluding hydrogens is 230 g/mol. The normalized spacial score (nSPS) is 16.9. The third-order valence-electron chi connectivity index (χ3n) is 3.51. The number of hydrogen-bond acceptors (Lipinski definition) is 3. The van der Waals surface area contributed by atoms with Crippen molar-refractivity contribution < 1.29 is 14.6 Å². The SMILES string of the molecule is COc1cccc(C(CNC2CCC2)C(=O)O)c1. The largest absolute Gasteiger partial charge is 0.497 e. The second-order valence-corrected chi connectivity index (χ2v) is 4.70. The van der Waals surface area contributed by atoms with Crippen LogP contribution in [0.3, 0.4) is 0 Å². The summed E-state index contributed by atoms with van der Waals surface area (Å²) in [6, 6.07) is 7.78. The Hall–Kier alpha value is -1.55. The molecule has 0 heterocycles. The predicted molar refractivity (Wildman–Crippen MR) is 69.0 cm³/mol. The summed E-state index contributed by atoms with van der Waals surface area (Å²) in [5, 5.41) is 12.6. The summed E-state index contributed by atoms with van der Waals surface area (Å²) >= 11 is 0. The standard InChI is InChI=1S/C14H19NO3/c1-18-12-7-2-4-10(8-12)13(14(16)17)9-15-11-5-3-6-11/h2,4,7-8,11,13,15H,3,5-6,9H2,1H3,(H,16,17). The van der Waals surface area contributed by atoms with Crippen LogP contribution in [0, 0.1) is 0 Å². The van der Waals surface area contributed by atoms with Gasteiger partial charge in [-0.15, -0.1) is 0 Å². The van der Waals surface area contributed by atoms with E-state index in [9.17, 15) is 9.90 Å². The van der Waals surface area contributed by atoms with Gasteiger partial charge >= 0.3 is 5.97 Å². The number of methoxy groups -OCH3 is 1. The highest BCUT2D eigenvalue weighted by molar-refractivity contribution is 5.76. The van der Waals surface area contributed by atoms with E-state index < -0.39 is 11.9 Å². The topological polar surface area (TPSA) is 58.6 Å².